The lowest BCUT2D eigenvalue weighted by Crippen LogP contribution is -2.26. The minimum atomic E-state index is -2.66. The zero-order valence-electron chi connectivity index (χ0n) is 8.80. The van der Waals surface area contributed by atoms with Gasteiger partial charge in [-0.05, 0) is 18.4 Å². The van der Waals surface area contributed by atoms with E-state index in [1.54, 1.807) is 24.3 Å². The molecule has 0 unspecified atom stereocenters. The van der Waals surface area contributed by atoms with Crippen LogP contribution in [0.4, 0.5) is 8.78 Å². The summed E-state index contributed by atoms with van der Waals surface area (Å²) in [6.45, 7) is 4.65. The van der Waals surface area contributed by atoms with Crippen molar-refractivity contribution in [1.29, 1.82) is 0 Å². The van der Waals surface area contributed by atoms with E-state index in [1.807, 2.05) is 19.9 Å². The standard InChI is InChI=1S/C12H16F2/c1-9(2)11(12(3,13)14)10-7-5-4-6-8-10/h4-9,11H,1-3H3/t11-/m0/s1. The Kier molecular flexibility index (Phi) is 3.25. The van der Waals surface area contributed by atoms with Crippen LogP contribution in [0.25, 0.3) is 0 Å². The van der Waals surface area contributed by atoms with Crippen molar-refractivity contribution in [2.75, 3.05) is 0 Å². The van der Waals surface area contributed by atoms with Crippen molar-refractivity contribution >= 4 is 0 Å². The van der Waals surface area contributed by atoms with E-state index in [1.165, 1.54) is 0 Å². The van der Waals surface area contributed by atoms with Gasteiger partial charge in [-0.25, -0.2) is 8.78 Å². The smallest absolute Gasteiger partial charge is 0.207 e. The Bertz CT molecular complexity index is 272. The average Bonchev–Trinajstić information content (AvgIpc) is 2.02. The molecule has 0 heterocycles. The first-order valence-corrected chi connectivity index (χ1v) is 4.85. The first kappa shape index (κ1) is 11.2. The van der Waals surface area contributed by atoms with Gasteiger partial charge in [-0.15, -0.1) is 0 Å². The van der Waals surface area contributed by atoms with Crippen molar-refractivity contribution in [3.63, 3.8) is 0 Å². The molecule has 78 valence electrons. The van der Waals surface area contributed by atoms with Crippen LogP contribution in [0.3, 0.4) is 0 Å². The van der Waals surface area contributed by atoms with Crippen LogP contribution in [0, 0.1) is 5.92 Å². The summed E-state index contributed by atoms with van der Waals surface area (Å²) in [7, 11) is 0. The Hall–Kier alpha value is -0.920. The third-order valence-electron chi connectivity index (χ3n) is 2.37. The number of benzene rings is 1. The summed E-state index contributed by atoms with van der Waals surface area (Å²) in [5, 5.41) is 0. The molecular formula is C12H16F2. The van der Waals surface area contributed by atoms with E-state index in [9.17, 15) is 8.78 Å². The van der Waals surface area contributed by atoms with E-state index in [4.69, 9.17) is 0 Å². The van der Waals surface area contributed by atoms with Crippen molar-refractivity contribution in [2.24, 2.45) is 5.92 Å². The molecule has 0 amide bonds. The third-order valence-corrected chi connectivity index (χ3v) is 2.37. The van der Waals surface area contributed by atoms with Crippen molar-refractivity contribution in [3.8, 4) is 0 Å². The number of hydrogen-bond acceptors (Lipinski definition) is 0. The van der Waals surface area contributed by atoms with Crippen LogP contribution < -0.4 is 0 Å². The predicted octanol–water partition coefficient (Wildman–Crippen LogP) is 4.08. The first-order valence-electron chi connectivity index (χ1n) is 4.85. The maximum absolute atomic E-state index is 13.3. The lowest BCUT2D eigenvalue weighted by Gasteiger charge is -2.27. The number of hydrogen-bond donors (Lipinski definition) is 0. The second-order valence-electron chi connectivity index (χ2n) is 4.09. The van der Waals surface area contributed by atoms with E-state index < -0.39 is 11.8 Å². The van der Waals surface area contributed by atoms with Crippen LogP contribution in [0.15, 0.2) is 30.3 Å². The maximum atomic E-state index is 13.3. The molecule has 1 atom stereocenters. The molecule has 0 aliphatic carbocycles. The number of halogens is 2. The van der Waals surface area contributed by atoms with E-state index in [-0.39, 0.29) is 5.92 Å². The van der Waals surface area contributed by atoms with Crippen LogP contribution in [0.2, 0.25) is 0 Å². The van der Waals surface area contributed by atoms with Gasteiger partial charge in [0.15, 0.2) is 0 Å². The lowest BCUT2D eigenvalue weighted by molar-refractivity contribution is -0.0227. The highest BCUT2D eigenvalue weighted by Gasteiger charge is 2.37. The van der Waals surface area contributed by atoms with Gasteiger partial charge in [0.05, 0.1) is 0 Å². The highest BCUT2D eigenvalue weighted by atomic mass is 19.3. The van der Waals surface area contributed by atoms with Gasteiger partial charge in [0.2, 0.25) is 0 Å². The Morgan fingerprint density at radius 3 is 1.93 bits per heavy atom. The molecule has 0 spiro atoms. The molecule has 0 nitrogen and oxygen atoms in total. The molecule has 0 bridgehead atoms. The quantitative estimate of drug-likeness (QED) is 0.686. The number of rotatable bonds is 3. The minimum Gasteiger partial charge on any atom is -0.207 e. The first-order chi connectivity index (χ1) is 6.43. The lowest BCUT2D eigenvalue weighted by atomic mass is 9.84. The Labute approximate surface area is 84.0 Å². The summed E-state index contributed by atoms with van der Waals surface area (Å²) < 4.78 is 26.6. The normalized spacial score (nSPS) is 14.4. The molecular weight excluding hydrogens is 182 g/mol. The molecule has 1 aromatic carbocycles. The third kappa shape index (κ3) is 2.53. The van der Waals surface area contributed by atoms with E-state index in [2.05, 4.69) is 0 Å². The fourth-order valence-corrected chi connectivity index (χ4v) is 1.92. The molecule has 0 aliphatic heterocycles. The van der Waals surface area contributed by atoms with Crippen molar-refractivity contribution in [3.05, 3.63) is 35.9 Å². The highest BCUT2D eigenvalue weighted by molar-refractivity contribution is 5.22. The molecule has 0 aliphatic rings. The zero-order chi connectivity index (χ0) is 10.8. The fraction of sp³-hybridized carbons (Fsp3) is 0.500. The van der Waals surface area contributed by atoms with Crippen LogP contribution in [-0.4, -0.2) is 5.92 Å². The zero-order valence-corrected chi connectivity index (χ0v) is 8.80. The van der Waals surface area contributed by atoms with Gasteiger partial charge in [0, 0.05) is 5.92 Å². The summed E-state index contributed by atoms with van der Waals surface area (Å²) in [5.74, 6) is -3.41. The van der Waals surface area contributed by atoms with Crippen LogP contribution in [0.5, 0.6) is 0 Å². The summed E-state index contributed by atoms with van der Waals surface area (Å²) in [6.07, 6.45) is 0. The van der Waals surface area contributed by atoms with Crippen LogP contribution in [0.1, 0.15) is 32.3 Å². The Morgan fingerprint density at radius 1 is 1.07 bits per heavy atom. The Morgan fingerprint density at radius 2 is 1.57 bits per heavy atom. The molecule has 0 fully saturated rings. The van der Waals surface area contributed by atoms with E-state index >= 15 is 0 Å². The topological polar surface area (TPSA) is 0 Å². The van der Waals surface area contributed by atoms with Gasteiger partial charge in [-0.2, -0.15) is 0 Å². The van der Waals surface area contributed by atoms with Crippen molar-refractivity contribution in [2.45, 2.75) is 32.6 Å². The average molecular weight is 198 g/mol. The number of alkyl halides is 2. The van der Waals surface area contributed by atoms with Crippen molar-refractivity contribution in [1.82, 2.24) is 0 Å². The van der Waals surface area contributed by atoms with Gasteiger partial charge in [0.1, 0.15) is 0 Å². The molecule has 0 radical (unpaired) electrons. The molecule has 0 N–H and O–H groups in total. The summed E-state index contributed by atoms with van der Waals surface area (Å²) in [4.78, 5) is 0. The van der Waals surface area contributed by atoms with Gasteiger partial charge in [-0.3, -0.25) is 0 Å². The molecule has 0 saturated carbocycles. The van der Waals surface area contributed by atoms with Crippen molar-refractivity contribution < 1.29 is 8.78 Å². The van der Waals surface area contributed by atoms with Crippen LogP contribution >= 0.6 is 0 Å². The molecule has 1 rings (SSSR count). The summed E-state index contributed by atoms with van der Waals surface area (Å²) >= 11 is 0. The van der Waals surface area contributed by atoms with Gasteiger partial charge in [-0.1, -0.05) is 44.2 Å². The molecule has 1 aromatic rings. The second kappa shape index (κ2) is 4.07. The predicted molar refractivity (Wildman–Crippen MR) is 54.6 cm³/mol. The van der Waals surface area contributed by atoms with Crippen LogP contribution in [-0.2, 0) is 0 Å². The van der Waals surface area contributed by atoms with Gasteiger partial charge in [0.25, 0.3) is 5.92 Å². The fourth-order valence-electron chi connectivity index (χ4n) is 1.92. The Balaban J connectivity index is 3.02. The van der Waals surface area contributed by atoms with Gasteiger partial charge >= 0.3 is 0 Å². The van der Waals surface area contributed by atoms with E-state index in [0.29, 0.717) is 0 Å². The van der Waals surface area contributed by atoms with E-state index in [0.717, 1.165) is 12.5 Å². The largest absolute Gasteiger partial charge is 0.252 e. The second-order valence-corrected chi connectivity index (χ2v) is 4.09. The maximum Gasteiger partial charge on any atom is 0.252 e. The molecule has 0 saturated heterocycles. The summed E-state index contributed by atoms with van der Waals surface area (Å²) in [6, 6.07) is 8.98. The molecule has 2 heteroatoms. The molecule has 0 aromatic heterocycles. The highest BCUT2D eigenvalue weighted by Crippen LogP contribution is 2.38. The molecule has 14 heavy (non-hydrogen) atoms. The minimum absolute atomic E-state index is 0.0580. The SMILES string of the molecule is CC(C)[C@@H](c1ccccc1)C(C)(F)F. The van der Waals surface area contributed by atoms with Gasteiger partial charge < -0.3 is 0 Å². The monoisotopic (exact) mass is 198 g/mol. The summed E-state index contributed by atoms with van der Waals surface area (Å²) in [5.41, 5.74) is 0.718.